The molecule has 0 spiro atoms. The number of likely N-dealkylation sites (tertiary alicyclic amines) is 1. The lowest BCUT2D eigenvalue weighted by molar-refractivity contribution is 0.180. The molecule has 10 heterocycles. The van der Waals surface area contributed by atoms with Gasteiger partial charge in [-0.05, 0) is 73.5 Å². The molecule has 12 rings (SSSR count). The third-order valence-corrected chi connectivity index (χ3v) is 12.7. The molecule has 0 atom stereocenters. The SMILES string of the molecule is c1cc(-c2cnn3cc(-c4ccc(OCCN5CCCCC5)nc4)cnc23)c2cccnc2c1.c1cc(-c2cnn3cc(-c4ccc(OCCN5CCNCC5)nc4)cnc23)c2cccnc2c1. The summed E-state index contributed by atoms with van der Waals surface area (Å²) < 4.78 is 15.4. The molecule has 0 radical (unpaired) electrons. The van der Waals surface area contributed by atoms with E-state index >= 15 is 0 Å². The number of nitrogens with one attached hydrogen (secondary N) is 1. The fourth-order valence-corrected chi connectivity index (χ4v) is 9.05. The van der Waals surface area contributed by atoms with Crippen molar-refractivity contribution in [3.05, 3.63) is 147 Å². The van der Waals surface area contributed by atoms with Crippen molar-refractivity contribution in [3.63, 3.8) is 0 Å². The quantitative estimate of drug-likeness (QED) is 0.126. The maximum Gasteiger partial charge on any atom is 0.213 e. The normalized spacial score (nSPS) is 14.6. The second-order valence-electron chi connectivity index (χ2n) is 17.1. The molecule has 2 aliphatic heterocycles. The number of aromatic nitrogens is 10. The molecule has 68 heavy (non-hydrogen) atoms. The Morgan fingerprint density at radius 1 is 0.441 bits per heavy atom. The van der Waals surface area contributed by atoms with Crippen LogP contribution in [0.4, 0.5) is 0 Å². The summed E-state index contributed by atoms with van der Waals surface area (Å²) in [6, 6.07) is 28.2. The third kappa shape index (κ3) is 9.45. The van der Waals surface area contributed by atoms with Gasteiger partial charge in [0, 0.05) is 145 Å². The molecule has 10 aromatic rings. The van der Waals surface area contributed by atoms with Gasteiger partial charge in [-0.15, -0.1) is 0 Å². The van der Waals surface area contributed by atoms with E-state index in [1.165, 1.54) is 32.4 Å². The summed E-state index contributed by atoms with van der Waals surface area (Å²) in [5.41, 5.74) is 11.5. The van der Waals surface area contributed by atoms with Crippen molar-refractivity contribution in [3.8, 4) is 56.3 Å². The number of pyridine rings is 4. The minimum Gasteiger partial charge on any atom is -0.476 e. The van der Waals surface area contributed by atoms with E-state index < -0.39 is 0 Å². The number of nitrogens with zero attached hydrogens (tertiary/aromatic N) is 12. The van der Waals surface area contributed by atoms with Gasteiger partial charge in [-0.1, -0.05) is 42.8 Å². The van der Waals surface area contributed by atoms with Crippen LogP contribution in [-0.2, 0) is 0 Å². The monoisotopic (exact) mass is 901 g/mol. The molecule has 0 bridgehead atoms. The van der Waals surface area contributed by atoms with E-state index in [4.69, 9.17) is 19.4 Å². The van der Waals surface area contributed by atoms with E-state index in [1.807, 2.05) is 132 Å². The van der Waals surface area contributed by atoms with Crippen LogP contribution >= 0.6 is 0 Å². The summed E-state index contributed by atoms with van der Waals surface area (Å²) in [6.07, 6.45) is 22.7. The summed E-state index contributed by atoms with van der Waals surface area (Å²) in [4.78, 5) is 32.3. The fraction of sp³-hybridized carbons (Fsp3) is 0.245. The standard InChI is InChI=1S/C27H26N6O.C26H25N7O/c1-2-12-32(13-3-1)14-15-34-26-10-9-20(16-29-26)21-17-30-27-24(18-31-33(27)19-21)22-6-4-8-25-23(22)7-5-11-28-25;1-3-21(22-4-2-8-28-24(22)5-1)23-17-31-33-18-20(16-30-26(23)33)19-6-7-25(29-15-19)34-14-13-32-11-9-27-10-12-32/h4-11,16-19H,1-3,12-15H2;1-8,15-18,27H,9-14H2. The van der Waals surface area contributed by atoms with Gasteiger partial charge >= 0.3 is 0 Å². The third-order valence-electron chi connectivity index (χ3n) is 12.7. The van der Waals surface area contributed by atoms with Crippen molar-refractivity contribution in [2.24, 2.45) is 0 Å². The van der Waals surface area contributed by atoms with E-state index in [2.05, 4.69) is 69.5 Å². The first-order valence-electron chi connectivity index (χ1n) is 23.4. The molecular weight excluding hydrogens is 851 g/mol. The van der Waals surface area contributed by atoms with Gasteiger partial charge in [0.1, 0.15) is 13.2 Å². The van der Waals surface area contributed by atoms with Crippen LogP contribution in [0.15, 0.2) is 147 Å². The maximum atomic E-state index is 5.87. The fourth-order valence-electron chi connectivity index (χ4n) is 9.05. The van der Waals surface area contributed by atoms with E-state index in [9.17, 15) is 0 Å². The molecule has 15 heteroatoms. The molecule has 2 aromatic carbocycles. The van der Waals surface area contributed by atoms with Crippen LogP contribution in [0.1, 0.15) is 19.3 Å². The van der Waals surface area contributed by atoms with Gasteiger partial charge in [-0.2, -0.15) is 10.2 Å². The van der Waals surface area contributed by atoms with Gasteiger partial charge < -0.3 is 14.8 Å². The second kappa shape index (κ2) is 20.0. The lowest BCUT2D eigenvalue weighted by atomic mass is 10.0. The van der Waals surface area contributed by atoms with Crippen molar-refractivity contribution in [2.45, 2.75) is 19.3 Å². The number of ether oxygens (including phenoxy) is 2. The number of hydrogen-bond acceptors (Lipinski definition) is 13. The molecule has 2 fully saturated rings. The van der Waals surface area contributed by atoms with Crippen LogP contribution in [0.25, 0.3) is 77.6 Å². The largest absolute Gasteiger partial charge is 0.476 e. The van der Waals surface area contributed by atoms with E-state index in [-0.39, 0.29) is 0 Å². The molecule has 0 unspecified atom stereocenters. The summed E-state index contributed by atoms with van der Waals surface area (Å²) in [5, 5.41) is 14.7. The number of piperidine rings is 1. The van der Waals surface area contributed by atoms with E-state index in [1.54, 1.807) is 0 Å². The van der Waals surface area contributed by atoms with Gasteiger partial charge in [-0.25, -0.2) is 29.0 Å². The first-order chi connectivity index (χ1) is 33.7. The Bertz CT molecular complexity index is 3060. The zero-order chi connectivity index (χ0) is 45.5. The topological polar surface area (TPSA) is 149 Å². The summed E-state index contributed by atoms with van der Waals surface area (Å²) in [7, 11) is 0. The number of rotatable bonds is 12. The highest BCUT2D eigenvalue weighted by Crippen LogP contribution is 2.33. The molecule has 15 nitrogen and oxygen atoms in total. The average molecular weight is 902 g/mol. The van der Waals surface area contributed by atoms with Gasteiger partial charge in [0.2, 0.25) is 11.8 Å². The Labute approximate surface area is 393 Å². The van der Waals surface area contributed by atoms with Crippen LogP contribution in [0.2, 0.25) is 0 Å². The second-order valence-corrected chi connectivity index (χ2v) is 17.1. The van der Waals surface area contributed by atoms with Crippen molar-refractivity contribution in [1.29, 1.82) is 0 Å². The number of fused-ring (bicyclic) bond motifs is 4. The molecule has 8 aromatic heterocycles. The molecule has 0 saturated carbocycles. The van der Waals surface area contributed by atoms with Crippen LogP contribution in [-0.4, -0.2) is 125 Å². The molecule has 0 aliphatic carbocycles. The van der Waals surface area contributed by atoms with Crippen molar-refractivity contribution in [1.82, 2.24) is 64.2 Å². The average Bonchev–Trinajstić information content (AvgIpc) is 4.04. The maximum absolute atomic E-state index is 5.87. The smallest absolute Gasteiger partial charge is 0.213 e. The zero-order valence-corrected chi connectivity index (χ0v) is 37.7. The highest BCUT2D eigenvalue weighted by Gasteiger charge is 2.16. The van der Waals surface area contributed by atoms with Gasteiger partial charge in [0.15, 0.2) is 11.3 Å². The van der Waals surface area contributed by atoms with Crippen molar-refractivity contribution < 1.29 is 9.47 Å². The van der Waals surface area contributed by atoms with Crippen LogP contribution < -0.4 is 14.8 Å². The van der Waals surface area contributed by atoms with Gasteiger partial charge in [0.05, 0.1) is 23.4 Å². The first-order valence-corrected chi connectivity index (χ1v) is 23.4. The van der Waals surface area contributed by atoms with Crippen LogP contribution in [0.5, 0.6) is 11.8 Å². The summed E-state index contributed by atoms with van der Waals surface area (Å²) in [5.74, 6) is 1.29. The molecule has 1 N–H and O–H groups in total. The minimum atomic E-state index is 0.638. The predicted octanol–water partition coefficient (Wildman–Crippen LogP) is 8.16. The van der Waals surface area contributed by atoms with Gasteiger partial charge in [0.25, 0.3) is 0 Å². The van der Waals surface area contributed by atoms with Crippen molar-refractivity contribution >= 4 is 33.1 Å². The zero-order valence-electron chi connectivity index (χ0n) is 37.7. The lowest BCUT2D eigenvalue weighted by Crippen LogP contribution is -2.44. The lowest BCUT2D eigenvalue weighted by Gasteiger charge is -2.26. The Balaban J connectivity index is 0.000000149. The van der Waals surface area contributed by atoms with E-state index in [0.717, 1.165) is 117 Å². The molecule has 340 valence electrons. The van der Waals surface area contributed by atoms with Crippen molar-refractivity contribution in [2.75, 3.05) is 65.6 Å². The summed E-state index contributed by atoms with van der Waals surface area (Å²) in [6.45, 7) is 9.76. The molecule has 0 amide bonds. The Morgan fingerprint density at radius 3 is 1.44 bits per heavy atom. The number of piperazine rings is 1. The minimum absolute atomic E-state index is 0.638. The van der Waals surface area contributed by atoms with Crippen LogP contribution in [0, 0.1) is 0 Å². The highest BCUT2D eigenvalue weighted by molar-refractivity contribution is 5.99. The first kappa shape index (κ1) is 42.9. The summed E-state index contributed by atoms with van der Waals surface area (Å²) >= 11 is 0. The van der Waals surface area contributed by atoms with Crippen LogP contribution in [0.3, 0.4) is 0 Å². The molecule has 2 aliphatic rings. The molecular formula is C53H51N13O2. The number of hydrogen-bond donors (Lipinski definition) is 1. The van der Waals surface area contributed by atoms with Gasteiger partial charge in [-0.3, -0.25) is 19.8 Å². The Hall–Kier alpha value is -7.72. The Kier molecular flexibility index (Phi) is 12.6. The Morgan fingerprint density at radius 2 is 0.941 bits per heavy atom. The predicted molar refractivity (Wildman–Crippen MR) is 265 cm³/mol. The highest BCUT2D eigenvalue weighted by atomic mass is 16.5. The van der Waals surface area contributed by atoms with E-state index in [0.29, 0.717) is 25.0 Å². The number of benzene rings is 2. The molecule has 2 saturated heterocycles.